The number of pyridine rings is 2. The van der Waals surface area contributed by atoms with Crippen LogP contribution in [-0.4, -0.2) is 49.6 Å². The number of carbonyl (C=O) groups excluding carboxylic acids is 2. The van der Waals surface area contributed by atoms with Gasteiger partial charge in [-0.3, -0.25) is 19.3 Å². The summed E-state index contributed by atoms with van der Waals surface area (Å²) in [5.74, 6) is 1.06. The summed E-state index contributed by atoms with van der Waals surface area (Å²) in [7, 11) is 1.96. The van der Waals surface area contributed by atoms with Gasteiger partial charge in [0.1, 0.15) is 5.82 Å². The number of carbonyl (C=O) groups is 2. The maximum Gasteiger partial charge on any atom is 0.258 e. The lowest BCUT2D eigenvalue weighted by molar-refractivity contribution is -0.125. The first-order valence-electron chi connectivity index (χ1n) is 11.3. The van der Waals surface area contributed by atoms with Gasteiger partial charge in [-0.2, -0.15) is 5.10 Å². The highest BCUT2D eigenvalue weighted by atomic mass is 16.2. The average molecular weight is 455 g/mol. The van der Waals surface area contributed by atoms with Crippen molar-refractivity contribution in [2.45, 2.75) is 13.3 Å². The number of anilines is 1. The Labute approximate surface area is 198 Å². The summed E-state index contributed by atoms with van der Waals surface area (Å²) in [6.45, 7) is 3.39. The van der Waals surface area contributed by atoms with Crippen molar-refractivity contribution in [2.75, 3.05) is 18.4 Å². The van der Waals surface area contributed by atoms with Crippen LogP contribution in [0.3, 0.4) is 0 Å². The van der Waals surface area contributed by atoms with Crippen molar-refractivity contribution < 1.29 is 9.59 Å². The molecular formula is C26H26N6O2. The Kier molecular flexibility index (Phi) is 5.79. The molecule has 0 bridgehead atoms. The number of aryl methyl sites for hydroxylation is 2. The largest absolute Gasteiger partial charge is 0.338 e. The molecular weight excluding hydrogens is 428 g/mol. The summed E-state index contributed by atoms with van der Waals surface area (Å²) >= 11 is 0. The molecule has 2 atom stereocenters. The minimum atomic E-state index is -0.262. The number of nitrogens with one attached hydrogen (secondary N) is 1. The number of rotatable bonds is 5. The molecule has 1 N–H and O–H groups in total. The van der Waals surface area contributed by atoms with Crippen LogP contribution in [0.1, 0.15) is 33.6 Å². The van der Waals surface area contributed by atoms with Crippen molar-refractivity contribution in [3.05, 3.63) is 83.6 Å². The highest BCUT2D eigenvalue weighted by Crippen LogP contribution is 2.40. The van der Waals surface area contributed by atoms with Gasteiger partial charge in [0.05, 0.1) is 11.3 Å². The quantitative estimate of drug-likeness (QED) is 0.597. The fourth-order valence-corrected chi connectivity index (χ4v) is 4.69. The molecule has 2 aliphatic rings. The Bertz CT molecular complexity index is 1290. The lowest BCUT2D eigenvalue weighted by Crippen LogP contribution is -2.27. The first-order chi connectivity index (χ1) is 16.5. The van der Waals surface area contributed by atoms with Crippen molar-refractivity contribution in [2.24, 2.45) is 18.9 Å². The third kappa shape index (κ3) is 4.52. The monoisotopic (exact) mass is 454 g/mol. The number of fused-ring (bicyclic) bond motifs is 1. The number of nitrogens with zero attached hydrogens (tertiary/aromatic N) is 5. The molecule has 4 heterocycles. The first kappa shape index (κ1) is 21.8. The molecule has 1 fully saturated rings. The topological polar surface area (TPSA) is 93.0 Å². The van der Waals surface area contributed by atoms with Gasteiger partial charge in [0.25, 0.3) is 5.91 Å². The average Bonchev–Trinajstić information content (AvgIpc) is 3.53. The van der Waals surface area contributed by atoms with E-state index in [1.54, 1.807) is 36.7 Å². The molecule has 3 aromatic heterocycles. The second-order valence-electron chi connectivity index (χ2n) is 8.92. The van der Waals surface area contributed by atoms with E-state index in [9.17, 15) is 9.59 Å². The Morgan fingerprint density at radius 3 is 2.74 bits per heavy atom. The minimum Gasteiger partial charge on any atom is -0.338 e. The number of likely N-dealkylation sites (tertiary alicyclic amines) is 1. The standard InChI is InChI=1S/C26H26N6O2/c1-17-9-20(14-27-12-17)26(34)30-24-5-3-18(13-28-24)4-6-25(33)32-15-21-10-19(11-22(21)16-32)23-7-8-29-31(23)2/h3-10,12-14,21-22H,11,15-16H2,1-2H3,(H,28,30,34)/b6-4+. The Balaban J connectivity index is 1.16. The zero-order chi connectivity index (χ0) is 23.7. The van der Waals surface area contributed by atoms with Crippen LogP contribution in [0.2, 0.25) is 0 Å². The number of allylic oxidation sites excluding steroid dienone is 1. The third-order valence-corrected chi connectivity index (χ3v) is 6.43. The van der Waals surface area contributed by atoms with Crippen molar-refractivity contribution in [3.63, 3.8) is 0 Å². The zero-order valence-electron chi connectivity index (χ0n) is 19.2. The number of aromatic nitrogens is 4. The van der Waals surface area contributed by atoms with Gasteiger partial charge >= 0.3 is 0 Å². The summed E-state index contributed by atoms with van der Waals surface area (Å²) in [5, 5.41) is 7.02. The molecule has 0 spiro atoms. The van der Waals surface area contributed by atoms with Gasteiger partial charge in [-0.25, -0.2) is 4.98 Å². The second kappa shape index (κ2) is 9.05. The summed E-state index contributed by atoms with van der Waals surface area (Å²) in [6, 6.07) is 7.36. The van der Waals surface area contributed by atoms with Crippen molar-refractivity contribution in [3.8, 4) is 0 Å². The van der Waals surface area contributed by atoms with Crippen LogP contribution >= 0.6 is 0 Å². The van der Waals surface area contributed by atoms with E-state index in [-0.39, 0.29) is 11.8 Å². The highest BCUT2D eigenvalue weighted by molar-refractivity contribution is 6.03. The van der Waals surface area contributed by atoms with Gasteiger partial charge < -0.3 is 10.2 Å². The maximum atomic E-state index is 12.7. The Morgan fingerprint density at radius 2 is 2.03 bits per heavy atom. The molecule has 1 aliphatic heterocycles. The summed E-state index contributed by atoms with van der Waals surface area (Å²) in [4.78, 5) is 35.3. The van der Waals surface area contributed by atoms with Crippen LogP contribution in [0.15, 0.2) is 61.2 Å². The molecule has 3 aromatic rings. The van der Waals surface area contributed by atoms with Crippen LogP contribution in [0.5, 0.6) is 0 Å². The fourth-order valence-electron chi connectivity index (χ4n) is 4.69. The lowest BCUT2D eigenvalue weighted by atomic mass is 9.99. The lowest BCUT2D eigenvalue weighted by Gasteiger charge is -2.15. The smallest absolute Gasteiger partial charge is 0.258 e. The summed E-state index contributed by atoms with van der Waals surface area (Å²) in [5.41, 5.74) is 4.68. The van der Waals surface area contributed by atoms with E-state index in [0.717, 1.165) is 36.3 Å². The predicted octanol–water partition coefficient (Wildman–Crippen LogP) is 3.35. The summed E-state index contributed by atoms with van der Waals surface area (Å²) < 4.78 is 1.91. The molecule has 8 heteroatoms. The molecule has 0 aromatic carbocycles. The van der Waals surface area contributed by atoms with Crippen LogP contribution in [-0.2, 0) is 11.8 Å². The van der Waals surface area contributed by atoms with Crippen molar-refractivity contribution >= 4 is 29.3 Å². The van der Waals surface area contributed by atoms with Crippen LogP contribution < -0.4 is 5.32 Å². The van der Waals surface area contributed by atoms with Gasteiger partial charge in [0.15, 0.2) is 0 Å². The van der Waals surface area contributed by atoms with Gasteiger partial charge in [0, 0.05) is 51.0 Å². The molecule has 1 saturated heterocycles. The van der Waals surface area contributed by atoms with E-state index in [1.165, 1.54) is 11.8 Å². The minimum absolute atomic E-state index is 0.00853. The highest BCUT2D eigenvalue weighted by Gasteiger charge is 2.38. The normalized spacial score (nSPS) is 19.4. The van der Waals surface area contributed by atoms with Gasteiger partial charge in [0.2, 0.25) is 5.91 Å². The van der Waals surface area contributed by atoms with Crippen LogP contribution in [0.25, 0.3) is 11.6 Å². The third-order valence-electron chi connectivity index (χ3n) is 6.43. The maximum absolute atomic E-state index is 12.7. The summed E-state index contributed by atoms with van der Waals surface area (Å²) in [6.07, 6.45) is 13.3. The van der Waals surface area contributed by atoms with E-state index < -0.39 is 0 Å². The van der Waals surface area contributed by atoms with Gasteiger partial charge in [-0.15, -0.1) is 0 Å². The van der Waals surface area contributed by atoms with Crippen molar-refractivity contribution in [1.29, 1.82) is 0 Å². The van der Waals surface area contributed by atoms with E-state index >= 15 is 0 Å². The number of amides is 2. The molecule has 0 radical (unpaired) electrons. The number of hydrogen-bond donors (Lipinski definition) is 1. The molecule has 34 heavy (non-hydrogen) atoms. The van der Waals surface area contributed by atoms with Gasteiger partial charge in [-0.05, 0) is 72.2 Å². The Hall–Kier alpha value is -4.07. The molecule has 1 aliphatic carbocycles. The molecule has 172 valence electrons. The molecule has 0 saturated carbocycles. The molecule has 5 rings (SSSR count). The molecule has 2 amide bonds. The van der Waals surface area contributed by atoms with E-state index in [2.05, 4.69) is 26.5 Å². The second-order valence-corrected chi connectivity index (χ2v) is 8.92. The predicted molar refractivity (Wildman–Crippen MR) is 130 cm³/mol. The van der Waals surface area contributed by atoms with E-state index in [0.29, 0.717) is 23.2 Å². The molecule has 8 nitrogen and oxygen atoms in total. The van der Waals surface area contributed by atoms with Crippen LogP contribution in [0.4, 0.5) is 5.82 Å². The van der Waals surface area contributed by atoms with E-state index in [1.807, 2.05) is 41.9 Å². The number of hydrogen-bond acceptors (Lipinski definition) is 5. The van der Waals surface area contributed by atoms with Gasteiger partial charge in [-0.1, -0.05) is 6.08 Å². The Morgan fingerprint density at radius 1 is 1.15 bits per heavy atom. The van der Waals surface area contributed by atoms with Crippen LogP contribution in [0, 0.1) is 18.8 Å². The molecule has 2 unspecified atom stereocenters. The fraction of sp³-hybridized carbons (Fsp3) is 0.269. The first-order valence-corrected chi connectivity index (χ1v) is 11.3. The zero-order valence-corrected chi connectivity index (χ0v) is 19.2. The SMILES string of the molecule is Cc1cncc(C(=O)Nc2ccc(/C=C/C(=O)N3CC4C=C(c5ccnn5C)CC4C3)cn2)c1. The van der Waals surface area contributed by atoms with Crippen molar-refractivity contribution in [1.82, 2.24) is 24.6 Å². The van der Waals surface area contributed by atoms with E-state index in [4.69, 9.17) is 0 Å².